The first-order valence-corrected chi connectivity index (χ1v) is 6.83. The molecule has 0 radical (unpaired) electrons. The number of phenols is 1. The lowest BCUT2D eigenvalue weighted by Gasteiger charge is -2.32. The second kappa shape index (κ2) is 4.58. The Kier molecular flexibility index (Phi) is 3.79. The van der Waals surface area contributed by atoms with Crippen LogP contribution in [0.3, 0.4) is 0 Å². The van der Waals surface area contributed by atoms with Crippen LogP contribution in [0, 0.1) is 0 Å². The predicted molar refractivity (Wildman–Crippen MR) is 62.4 cm³/mol. The maximum Gasteiger partial charge on any atom is 0.335 e. The summed E-state index contributed by atoms with van der Waals surface area (Å²) >= 11 is 0. The molecule has 0 fully saturated rings. The standard InChI is InChI=1S/C11H17O4P/c1-3-11(4-2,16(13,14)15)9-5-7-10(12)8-6-9/h5-8,12H,3-4H2,1-2H3,(H2,13,14,15). The van der Waals surface area contributed by atoms with E-state index in [-0.39, 0.29) is 5.75 Å². The lowest BCUT2D eigenvalue weighted by Crippen LogP contribution is -2.24. The summed E-state index contributed by atoms with van der Waals surface area (Å²) in [5.41, 5.74) is 0.573. The van der Waals surface area contributed by atoms with Gasteiger partial charge in [0.05, 0.1) is 5.16 Å². The summed E-state index contributed by atoms with van der Waals surface area (Å²) in [6.45, 7) is 3.52. The van der Waals surface area contributed by atoms with Crippen LogP contribution in [0.5, 0.6) is 5.75 Å². The number of hydrogen-bond donors (Lipinski definition) is 3. The summed E-state index contributed by atoms with van der Waals surface area (Å²) in [4.78, 5) is 19.0. The highest BCUT2D eigenvalue weighted by molar-refractivity contribution is 7.53. The van der Waals surface area contributed by atoms with Gasteiger partial charge in [-0.3, -0.25) is 4.57 Å². The zero-order chi connectivity index (χ0) is 12.4. The van der Waals surface area contributed by atoms with Crippen molar-refractivity contribution in [1.82, 2.24) is 0 Å². The van der Waals surface area contributed by atoms with Crippen molar-refractivity contribution in [1.29, 1.82) is 0 Å². The first kappa shape index (κ1) is 13.2. The summed E-state index contributed by atoms with van der Waals surface area (Å²) in [7, 11) is -4.23. The molecule has 0 saturated heterocycles. The molecule has 1 aromatic rings. The first-order valence-electron chi connectivity index (χ1n) is 5.22. The van der Waals surface area contributed by atoms with E-state index in [4.69, 9.17) is 0 Å². The van der Waals surface area contributed by atoms with E-state index in [0.29, 0.717) is 18.4 Å². The lowest BCUT2D eigenvalue weighted by atomic mass is 9.93. The van der Waals surface area contributed by atoms with E-state index in [0.717, 1.165) is 0 Å². The van der Waals surface area contributed by atoms with Crippen LogP contribution in [-0.2, 0) is 9.72 Å². The molecule has 1 aromatic carbocycles. The van der Waals surface area contributed by atoms with Crippen LogP contribution in [0.15, 0.2) is 24.3 Å². The van der Waals surface area contributed by atoms with E-state index < -0.39 is 12.8 Å². The Bertz CT molecular complexity index is 389. The Morgan fingerprint density at radius 3 is 1.88 bits per heavy atom. The molecule has 5 heteroatoms. The Balaban J connectivity index is 3.32. The maximum absolute atomic E-state index is 11.6. The molecule has 0 bridgehead atoms. The molecule has 0 unspecified atom stereocenters. The number of aromatic hydroxyl groups is 1. The lowest BCUT2D eigenvalue weighted by molar-refractivity contribution is 0.315. The van der Waals surface area contributed by atoms with Gasteiger partial charge in [-0.25, -0.2) is 0 Å². The van der Waals surface area contributed by atoms with Crippen LogP contribution in [-0.4, -0.2) is 14.9 Å². The second-order valence-electron chi connectivity index (χ2n) is 3.83. The third kappa shape index (κ3) is 2.14. The van der Waals surface area contributed by atoms with Gasteiger partial charge >= 0.3 is 7.60 Å². The van der Waals surface area contributed by atoms with Gasteiger partial charge < -0.3 is 14.9 Å². The minimum Gasteiger partial charge on any atom is -0.508 e. The molecular weight excluding hydrogens is 227 g/mol. The quantitative estimate of drug-likeness (QED) is 0.711. The highest BCUT2D eigenvalue weighted by atomic mass is 31.2. The van der Waals surface area contributed by atoms with Crippen molar-refractivity contribution in [2.75, 3.05) is 0 Å². The summed E-state index contributed by atoms with van der Waals surface area (Å²) in [6, 6.07) is 6.04. The first-order chi connectivity index (χ1) is 7.37. The van der Waals surface area contributed by atoms with Crippen LogP contribution in [0.4, 0.5) is 0 Å². The molecular formula is C11H17O4P. The van der Waals surface area contributed by atoms with Crippen LogP contribution >= 0.6 is 7.60 Å². The minimum absolute atomic E-state index is 0.0931. The van der Waals surface area contributed by atoms with Gasteiger partial charge in [0, 0.05) is 0 Å². The molecule has 0 aliphatic rings. The average Bonchev–Trinajstić information content (AvgIpc) is 2.21. The van der Waals surface area contributed by atoms with Gasteiger partial charge in [-0.2, -0.15) is 0 Å². The Morgan fingerprint density at radius 2 is 1.56 bits per heavy atom. The van der Waals surface area contributed by atoms with Crippen LogP contribution in [0.1, 0.15) is 32.3 Å². The number of phenolic OH excluding ortho intramolecular Hbond substituents is 1. The minimum atomic E-state index is -4.23. The smallest absolute Gasteiger partial charge is 0.335 e. The number of rotatable bonds is 4. The van der Waals surface area contributed by atoms with Crippen LogP contribution in [0.2, 0.25) is 0 Å². The van der Waals surface area contributed by atoms with E-state index in [2.05, 4.69) is 0 Å². The molecule has 0 amide bonds. The molecule has 0 spiro atoms. The van der Waals surface area contributed by atoms with Crippen molar-refractivity contribution in [3.05, 3.63) is 29.8 Å². The van der Waals surface area contributed by atoms with Crippen molar-refractivity contribution >= 4 is 7.60 Å². The Morgan fingerprint density at radius 1 is 1.12 bits per heavy atom. The highest BCUT2D eigenvalue weighted by Crippen LogP contribution is 2.60. The molecule has 0 aliphatic heterocycles. The summed E-state index contributed by atoms with van der Waals surface area (Å²) < 4.78 is 11.6. The van der Waals surface area contributed by atoms with Gasteiger partial charge in [0.2, 0.25) is 0 Å². The fraction of sp³-hybridized carbons (Fsp3) is 0.455. The molecule has 3 N–H and O–H groups in total. The monoisotopic (exact) mass is 244 g/mol. The Labute approximate surface area is 95.1 Å². The molecule has 0 aromatic heterocycles. The molecule has 1 rings (SSSR count). The number of benzene rings is 1. The average molecular weight is 244 g/mol. The molecule has 16 heavy (non-hydrogen) atoms. The topological polar surface area (TPSA) is 77.8 Å². The zero-order valence-electron chi connectivity index (χ0n) is 9.42. The van der Waals surface area contributed by atoms with Gasteiger partial charge in [-0.1, -0.05) is 26.0 Å². The summed E-state index contributed by atoms with van der Waals surface area (Å²) in [5, 5.41) is 8.04. The summed E-state index contributed by atoms with van der Waals surface area (Å²) in [6.07, 6.45) is 0.719. The molecule has 90 valence electrons. The van der Waals surface area contributed by atoms with Gasteiger partial charge in [-0.05, 0) is 30.5 Å². The van der Waals surface area contributed by atoms with Crippen molar-refractivity contribution in [3.63, 3.8) is 0 Å². The van der Waals surface area contributed by atoms with Gasteiger partial charge in [0.15, 0.2) is 0 Å². The maximum atomic E-state index is 11.6. The SMILES string of the molecule is CCC(CC)(c1ccc(O)cc1)P(=O)(O)O. The van der Waals surface area contributed by atoms with E-state index >= 15 is 0 Å². The van der Waals surface area contributed by atoms with Crippen molar-refractivity contribution in [2.24, 2.45) is 0 Å². The van der Waals surface area contributed by atoms with Crippen molar-refractivity contribution < 1.29 is 19.5 Å². The number of hydrogen-bond acceptors (Lipinski definition) is 2. The normalized spacial score (nSPS) is 12.8. The fourth-order valence-electron chi connectivity index (χ4n) is 2.01. The predicted octanol–water partition coefficient (Wildman–Crippen LogP) is 2.59. The molecule has 4 nitrogen and oxygen atoms in total. The third-order valence-electron chi connectivity index (χ3n) is 3.13. The molecule has 0 aliphatic carbocycles. The Hall–Kier alpha value is -0.830. The van der Waals surface area contributed by atoms with Crippen LogP contribution < -0.4 is 0 Å². The highest BCUT2D eigenvalue weighted by Gasteiger charge is 2.45. The summed E-state index contributed by atoms with van der Waals surface area (Å²) in [5.74, 6) is 0.0931. The molecule has 0 saturated carbocycles. The largest absolute Gasteiger partial charge is 0.508 e. The van der Waals surface area contributed by atoms with E-state index in [1.165, 1.54) is 12.1 Å². The van der Waals surface area contributed by atoms with E-state index in [9.17, 15) is 19.5 Å². The molecule has 0 heterocycles. The molecule has 0 atom stereocenters. The van der Waals surface area contributed by atoms with E-state index in [1.54, 1.807) is 26.0 Å². The zero-order valence-corrected chi connectivity index (χ0v) is 10.3. The third-order valence-corrected chi connectivity index (χ3v) is 5.14. The van der Waals surface area contributed by atoms with Crippen LogP contribution in [0.25, 0.3) is 0 Å². The van der Waals surface area contributed by atoms with Gasteiger partial charge in [0.25, 0.3) is 0 Å². The van der Waals surface area contributed by atoms with E-state index in [1.807, 2.05) is 0 Å². The van der Waals surface area contributed by atoms with Crippen molar-refractivity contribution in [2.45, 2.75) is 31.8 Å². The second-order valence-corrected chi connectivity index (χ2v) is 5.77. The fourth-order valence-corrected chi connectivity index (χ4v) is 3.32. The van der Waals surface area contributed by atoms with Gasteiger partial charge in [0.1, 0.15) is 5.75 Å². The van der Waals surface area contributed by atoms with Crippen molar-refractivity contribution in [3.8, 4) is 5.75 Å². The van der Waals surface area contributed by atoms with Gasteiger partial charge in [-0.15, -0.1) is 0 Å².